The molecule has 0 radical (unpaired) electrons. The van der Waals surface area contributed by atoms with E-state index in [1.54, 1.807) is 29.1 Å². The Morgan fingerprint density at radius 3 is 2.62 bits per heavy atom. The van der Waals surface area contributed by atoms with Gasteiger partial charge in [0.2, 0.25) is 0 Å². The summed E-state index contributed by atoms with van der Waals surface area (Å²) >= 11 is 0. The molecule has 0 unspecified atom stereocenters. The minimum absolute atomic E-state index is 0.245. The summed E-state index contributed by atoms with van der Waals surface area (Å²) in [5.74, 6) is -0.953. The predicted octanol–water partition coefficient (Wildman–Crippen LogP) is 3.51. The van der Waals surface area contributed by atoms with Crippen molar-refractivity contribution in [2.75, 3.05) is 0 Å². The molecule has 120 valence electrons. The monoisotopic (exact) mass is 319 g/mol. The molecule has 5 heteroatoms. The van der Waals surface area contributed by atoms with Crippen molar-refractivity contribution in [3.8, 4) is 17.1 Å². The molecule has 2 heterocycles. The number of carboxylic acids is 1. The van der Waals surface area contributed by atoms with Crippen molar-refractivity contribution in [1.29, 1.82) is 0 Å². The van der Waals surface area contributed by atoms with Crippen LogP contribution < -0.4 is 0 Å². The van der Waals surface area contributed by atoms with Gasteiger partial charge in [0.25, 0.3) is 0 Å². The summed E-state index contributed by atoms with van der Waals surface area (Å²) in [6.45, 7) is 0. The number of fused-ring (bicyclic) bond motifs is 1. The van der Waals surface area contributed by atoms with Crippen LogP contribution in [0.1, 0.15) is 34.5 Å². The van der Waals surface area contributed by atoms with E-state index < -0.39 is 5.97 Å². The lowest BCUT2D eigenvalue weighted by Gasteiger charge is -2.12. The Morgan fingerprint density at radius 1 is 1.04 bits per heavy atom. The summed E-state index contributed by atoms with van der Waals surface area (Å²) in [4.78, 5) is 16.1. The van der Waals surface area contributed by atoms with Crippen LogP contribution in [0.15, 0.2) is 48.7 Å². The number of aryl methyl sites for hydroxylation is 1. The van der Waals surface area contributed by atoms with E-state index in [-0.39, 0.29) is 5.56 Å². The predicted molar refractivity (Wildman–Crippen MR) is 90.4 cm³/mol. The van der Waals surface area contributed by atoms with Crippen molar-refractivity contribution in [2.45, 2.75) is 25.7 Å². The second kappa shape index (κ2) is 5.92. The maximum absolute atomic E-state index is 11.6. The fraction of sp³-hybridized carbons (Fsp3) is 0.211. The van der Waals surface area contributed by atoms with E-state index in [4.69, 9.17) is 5.10 Å². The third-order valence-corrected chi connectivity index (χ3v) is 4.43. The van der Waals surface area contributed by atoms with Gasteiger partial charge in [0, 0.05) is 11.8 Å². The average molecular weight is 319 g/mol. The highest BCUT2D eigenvalue weighted by Crippen LogP contribution is 2.33. The van der Waals surface area contributed by atoms with E-state index in [1.807, 2.05) is 24.3 Å². The zero-order valence-electron chi connectivity index (χ0n) is 13.1. The van der Waals surface area contributed by atoms with Gasteiger partial charge in [-0.15, -0.1) is 0 Å². The van der Waals surface area contributed by atoms with Gasteiger partial charge in [-0.25, -0.2) is 9.48 Å². The Kier molecular flexibility index (Phi) is 3.61. The summed E-state index contributed by atoms with van der Waals surface area (Å²) in [5, 5.41) is 14.3. The summed E-state index contributed by atoms with van der Waals surface area (Å²) in [7, 11) is 0. The molecule has 0 bridgehead atoms. The molecule has 1 N–H and O–H groups in total. The number of hydrogen-bond donors (Lipinski definition) is 1. The third kappa shape index (κ3) is 2.38. The quantitative estimate of drug-likeness (QED) is 0.802. The lowest BCUT2D eigenvalue weighted by atomic mass is 9.95. The molecule has 0 aliphatic heterocycles. The van der Waals surface area contributed by atoms with E-state index in [1.165, 1.54) is 5.56 Å². The zero-order valence-corrected chi connectivity index (χ0v) is 13.1. The molecule has 0 saturated carbocycles. The highest BCUT2D eigenvalue weighted by atomic mass is 16.4. The molecule has 2 aromatic heterocycles. The molecular formula is C19H17N3O2. The smallest absolute Gasteiger partial charge is 0.337 e. The molecule has 24 heavy (non-hydrogen) atoms. The molecule has 3 aromatic rings. The molecular weight excluding hydrogens is 302 g/mol. The van der Waals surface area contributed by atoms with Gasteiger partial charge in [0.15, 0.2) is 0 Å². The van der Waals surface area contributed by atoms with Crippen molar-refractivity contribution in [1.82, 2.24) is 14.8 Å². The molecule has 1 aliphatic rings. The summed E-state index contributed by atoms with van der Waals surface area (Å²) < 4.78 is 1.77. The van der Waals surface area contributed by atoms with Gasteiger partial charge in [-0.05, 0) is 49.9 Å². The van der Waals surface area contributed by atoms with Crippen molar-refractivity contribution >= 4 is 5.97 Å². The highest BCUT2D eigenvalue weighted by Gasteiger charge is 2.25. The number of carboxylic acid groups (broad SMARTS) is 1. The summed E-state index contributed by atoms with van der Waals surface area (Å²) in [6, 6.07) is 12.8. The first-order chi connectivity index (χ1) is 11.8. The van der Waals surface area contributed by atoms with Gasteiger partial charge in [0.1, 0.15) is 0 Å². The van der Waals surface area contributed by atoms with Gasteiger partial charge >= 0.3 is 5.97 Å². The van der Waals surface area contributed by atoms with E-state index in [0.29, 0.717) is 5.69 Å². The summed E-state index contributed by atoms with van der Waals surface area (Å²) in [6.07, 6.45) is 5.88. The number of rotatable bonds is 3. The number of aromatic nitrogens is 3. The number of aromatic carboxylic acids is 1. The first kappa shape index (κ1) is 14.6. The second-order valence-electron chi connectivity index (χ2n) is 5.93. The average Bonchev–Trinajstić information content (AvgIpc) is 3.01. The Hall–Kier alpha value is -2.95. The number of hydrogen-bond acceptors (Lipinski definition) is 3. The van der Waals surface area contributed by atoms with Crippen LogP contribution in [-0.2, 0) is 12.8 Å². The van der Waals surface area contributed by atoms with Crippen LogP contribution in [-0.4, -0.2) is 25.8 Å². The number of para-hydroxylation sites is 1. The molecule has 1 aromatic carbocycles. The maximum atomic E-state index is 11.6. The number of carbonyl (C=O) groups is 1. The summed E-state index contributed by atoms with van der Waals surface area (Å²) in [5.41, 5.74) is 4.82. The van der Waals surface area contributed by atoms with Crippen LogP contribution in [0.2, 0.25) is 0 Å². The molecule has 0 amide bonds. The van der Waals surface area contributed by atoms with Crippen molar-refractivity contribution < 1.29 is 9.90 Å². The SMILES string of the molecule is O=C(O)c1ccccc1-n1nc2c(c1-c1ccccn1)CCCC2. The molecule has 1 aliphatic carbocycles. The van der Waals surface area contributed by atoms with Crippen molar-refractivity contribution in [3.05, 3.63) is 65.5 Å². The maximum Gasteiger partial charge on any atom is 0.337 e. The first-order valence-corrected chi connectivity index (χ1v) is 8.10. The van der Waals surface area contributed by atoms with E-state index in [9.17, 15) is 9.90 Å². The Balaban J connectivity index is 2.00. The normalized spacial score (nSPS) is 13.5. The lowest BCUT2D eigenvalue weighted by Crippen LogP contribution is -2.08. The Morgan fingerprint density at radius 2 is 1.83 bits per heavy atom. The molecule has 0 spiro atoms. The minimum atomic E-state index is -0.953. The van der Waals surface area contributed by atoms with Crippen molar-refractivity contribution in [2.24, 2.45) is 0 Å². The number of benzene rings is 1. The molecule has 0 fully saturated rings. The molecule has 5 nitrogen and oxygen atoms in total. The van der Waals surface area contributed by atoms with Crippen LogP contribution in [0.3, 0.4) is 0 Å². The van der Waals surface area contributed by atoms with Gasteiger partial charge < -0.3 is 5.11 Å². The van der Waals surface area contributed by atoms with E-state index >= 15 is 0 Å². The van der Waals surface area contributed by atoms with Crippen LogP contribution >= 0.6 is 0 Å². The van der Waals surface area contributed by atoms with Crippen LogP contribution in [0.4, 0.5) is 0 Å². The van der Waals surface area contributed by atoms with E-state index in [0.717, 1.165) is 42.8 Å². The van der Waals surface area contributed by atoms with Crippen molar-refractivity contribution in [3.63, 3.8) is 0 Å². The Labute approximate surface area is 139 Å². The highest BCUT2D eigenvalue weighted by molar-refractivity contribution is 5.92. The lowest BCUT2D eigenvalue weighted by molar-refractivity contribution is 0.0696. The molecule has 0 saturated heterocycles. The standard InChI is InChI=1S/C19H17N3O2/c23-19(24)14-8-2-4-11-17(14)22-18(16-10-5-6-12-20-16)13-7-1-3-9-15(13)21-22/h2,4-6,8,10-12H,1,3,7,9H2,(H,23,24). The fourth-order valence-electron chi connectivity index (χ4n) is 3.33. The fourth-order valence-corrected chi connectivity index (χ4v) is 3.33. The van der Waals surface area contributed by atoms with E-state index in [2.05, 4.69) is 4.98 Å². The van der Waals surface area contributed by atoms with Gasteiger partial charge in [0.05, 0.1) is 28.3 Å². The van der Waals surface area contributed by atoms with Gasteiger partial charge in [-0.3, -0.25) is 4.98 Å². The Bertz CT molecular complexity index is 900. The topological polar surface area (TPSA) is 68.0 Å². The zero-order chi connectivity index (χ0) is 16.5. The molecule has 0 atom stereocenters. The third-order valence-electron chi connectivity index (χ3n) is 4.43. The second-order valence-corrected chi connectivity index (χ2v) is 5.93. The largest absolute Gasteiger partial charge is 0.478 e. The van der Waals surface area contributed by atoms with Crippen LogP contribution in [0.25, 0.3) is 17.1 Å². The van der Waals surface area contributed by atoms with Crippen LogP contribution in [0.5, 0.6) is 0 Å². The first-order valence-electron chi connectivity index (χ1n) is 8.10. The van der Waals surface area contributed by atoms with Gasteiger partial charge in [-0.1, -0.05) is 18.2 Å². The number of pyridine rings is 1. The molecule has 4 rings (SSSR count). The minimum Gasteiger partial charge on any atom is -0.478 e. The van der Waals surface area contributed by atoms with Gasteiger partial charge in [-0.2, -0.15) is 5.10 Å². The number of nitrogens with zero attached hydrogens (tertiary/aromatic N) is 3. The van der Waals surface area contributed by atoms with Crippen LogP contribution in [0, 0.1) is 0 Å².